The molecule has 0 aliphatic heterocycles. The molecule has 0 saturated heterocycles. The molecule has 0 atom stereocenters. The van der Waals surface area contributed by atoms with E-state index >= 15 is 0 Å². The molecular weight excluding hydrogens is 212 g/mol. The maximum absolute atomic E-state index is 5.77. The topological polar surface area (TPSA) is 84.9 Å². The van der Waals surface area contributed by atoms with Crippen molar-refractivity contribution in [1.82, 2.24) is 19.9 Å². The van der Waals surface area contributed by atoms with Crippen LogP contribution in [0.3, 0.4) is 0 Å². The first kappa shape index (κ1) is 9.53. The average molecular weight is 220 g/mol. The summed E-state index contributed by atoms with van der Waals surface area (Å²) in [5.74, 6) is 0.356. The molecule has 7 heteroatoms. The third-order valence-electron chi connectivity index (χ3n) is 1.73. The Labute approximate surface area is 90.5 Å². The van der Waals surface area contributed by atoms with Gasteiger partial charge in [0.15, 0.2) is 5.84 Å². The molecule has 0 radical (unpaired) electrons. The summed E-state index contributed by atoms with van der Waals surface area (Å²) < 4.78 is 1.79. The number of nitrogens with zero attached hydrogens (tertiary/aromatic N) is 4. The fourth-order valence-corrected chi connectivity index (χ4v) is 1.15. The van der Waals surface area contributed by atoms with Gasteiger partial charge in [0.25, 0.3) is 0 Å². The van der Waals surface area contributed by atoms with E-state index in [9.17, 15) is 0 Å². The van der Waals surface area contributed by atoms with Crippen molar-refractivity contribution in [3.8, 4) is 0 Å². The number of nitrogens with one attached hydrogen (secondary N) is 1. The van der Waals surface area contributed by atoms with E-state index in [-0.39, 0.29) is 0 Å². The first-order valence-corrected chi connectivity index (χ1v) is 4.55. The van der Waals surface area contributed by atoms with Gasteiger partial charge < -0.3 is 5.73 Å². The van der Waals surface area contributed by atoms with Crippen molar-refractivity contribution in [2.45, 2.75) is 0 Å². The number of rotatable bonds is 2. The van der Waals surface area contributed by atoms with Crippen molar-refractivity contribution in [3.05, 3.63) is 41.2 Å². The fraction of sp³-hybridized carbons (Fsp3) is 0. The van der Waals surface area contributed by atoms with Gasteiger partial charge in [0.1, 0.15) is 6.33 Å². The summed E-state index contributed by atoms with van der Waals surface area (Å²) in [6.07, 6.45) is 4.75. The van der Waals surface area contributed by atoms with Crippen LogP contribution in [-0.4, -0.2) is 25.7 Å². The normalized spacial score (nSPS) is 11.6. The fourth-order valence-electron chi connectivity index (χ4n) is 1.01. The first-order valence-electron chi connectivity index (χ1n) is 4.14. The van der Waals surface area contributed by atoms with Crippen molar-refractivity contribution in [2.75, 3.05) is 0 Å². The minimum absolute atomic E-state index is 0.356. The van der Waals surface area contributed by atoms with Crippen LogP contribution in [0.1, 0.15) is 5.56 Å². The van der Waals surface area contributed by atoms with E-state index in [0.717, 1.165) is 5.56 Å². The Morgan fingerprint density at radius 2 is 2.20 bits per heavy atom. The molecule has 3 N–H and O–H groups in total. The highest BCUT2D eigenvalue weighted by Gasteiger charge is 1.98. The molecule has 2 aromatic heterocycles. The Morgan fingerprint density at radius 1 is 1.47 bits per heavy atom. The number of nitrogens with two attached hydrogens (primary N) is 1. The second-order valence-corrected chi connectivity index (χ2v) is 3.11. The van der Waals surface area contributed by atoms with E-state index in [1.54, 1.807) is 24.5 Å². The summed E-state index contributed by atoms with van der Waals surface area (Å²) in [6.45, 7) is 0. The molecule has 0 amide bonds. The van der Waals surface area contributed by atoms with Crippen LogP contribution in [0.15, 0.2) is 36.0 Å². The van der Waals surface area contributed by atoms with Crippen LogP contribution < -0.4 is 5.73 Å². The standard InChI is InChI=1S/C8H8N6S/c9-7(6-1-3-10-4-2-6)13-14-5-11-12-8(14)15/h1-5H,(H2,9,13)(H,12,15). The van der Waals surface area contributed by atoms with Crippen LogP contribution in [0.5, 0.6) is 0 Å². The number of aromatic amines is 1. The maximum Gasteiger partial charge on any atom is 0.216 e. The Bertz CT molecular complexity index is 525. The van der Waals surface area contributed by atoms with Crippen LogP contribution >= 0.6 is 12.2 Å². The van der Waals surface area contributed by atoms with E-state index in [0.29, 0.717) is 10.6 Å². The summed E-state index contributed by atoms with van der Waals surface area (Å²) in [5, 5.41) is 10.4. The molecule has 6 nitrogen and oxygen atoms in total. The Kier molecular flexibility index (Phi) is 2.55. The predicted octanol–water partition coefficient (Wildman–Crippen LogP) is 0.504. The zero-order valence-electron chi connectivity index (χ0n) is 7.66. The molecular formula is C8H8N6S. The summed E-state index contributed by atoms with van der Waals surface area (Å²) in [5.41, 5.74) is 6.55. The van der Waals surface area contributed by atoms with Crippen molar-refractivity contribution in [3.63, 3.8) is 0 Å². The molecule has 2 rings (SSSR count). The maximum atomic E-state index is 5.77. The van der Waals surface area contributed by atoms with E-state index in [1.165, 1.54) is 11.0 Å². The van der Waals surface area contributed by atoms with Crippen molar-refractivity contribution in [1.29, 1.82) is 0 Å². The van der Waals surface area contributed by atoms with Crippen LogP contribution in [-0.2, 0) is 0 Å². The van der Waals surface area contributed by atoms with Crippen LogP contribution in [0.25, 0.3) is 0 Å². The minimum atomic E-state index is 0.356. The highest BCUT2D eigenvalue weighted by Crippen LogP contribution is 1.96. The molecule has 0 unspecified atom stereocenters. The number of aromatic nitrogens is 4. The van der Waals surface area contributed by atoms with Gasteiger partial charge in [-0.3, -0.25) is 10.1 Å². The Morgan fingerprint density at radius 3 is 2.80 bits per heavy atom. The van der Waals surface area contributed by atoms with Crippen LogP contribution in [0, 0.1) is 4.77 Å². The minimum Gasteiger partial charge on any atom is -0.382 e. The van der Waals surface area contributed by atoms with Gasteiger partial charge in [-0.25, -0.2) is 0 Å². The van der Waals surface area contributed by atoms with Gasteiger partial charge in [0.2, 0.25) is 4.77 Å². The van der Waals surface area contributed by atoms with Crippen molar-refractivity contribution in [2.24, 2.45) is 10.8 Å². The quantitative estimate of drug-likeness (QED) is 0.438. The smallest absolute Gasteiger partial charge is 0.216 e. The number of pyridine rings is 1. The monoisotopic (exact) mass is 220 g/mol. The lowest BCUT2D eigenvalue weighted by molar-refractivity contribution is 0.854. The average Bonchev–Trinajstić information content (AvgIpc) is 2.66. The second-order valence-electron chi connectivity index (χ2n) is 2.73. The van der Waals surface area contributed by atoms with E-state index < -0.39 is 0 Å². The number of amidine groups is 1. The lowest BCUT2D eigenvalue weighted by Gasteiger charge is -1.98. The lowest BCUT2D eigenvalue weighted by Crippen LogP contribution is -2.15. The van der Waals surface area contributed by atoms with Gasteiger partial charge >= 0.3 is 0 Å². The number of hydrogen-bond donors (Lipinski definition) is 2. The molecule has 2 heterocycles. The Hall–Kier alpha value is -2.02. The molecule has 0 aromatic carbocycles. The third kappa shape index (κ3) is 2.08. The highest BCUT2D eigenvalue weighted by atomic mass is 32.1. The predicted molar refractivity (Wildman–Crippen MR) is 57.8 cm³/mol. The lowest BCUT2D eigenvalue weighted by atomic mass is 10.2. The summed E-state index contributed by atoms with van der Waals surface area (Å²) >= 11 is 4.92. The highest BCUT2D eigenvalue weighted by molar-refractivity contribution is 7.71. The van der Waals surface area contributed by atoms with Crippen LogP contribution in [0.2, 0.25) is 0 Å². The van der Waals surface area contributed by atoms with Gasteiger partial charge in [-0.1, -0.05) is 0 Å². The van der Waals surface area contributed by atoms with Crippen molar-refractivity contribution < 1.29 is 0 Å². The molecule has 0 spiro atoms. The zero-order valence-corrected chi connectivity index (χ0v) is 8.48. The summed E-state index contributed by atoms with van der Waals surface area (Å²) in [7, 11) is 0. The van der Waals surface area contributed by atoms with Gasteiger partial charge in [0.05, 0.1) is 0 Å². The van der Waals surface area contributed by atoms with Gasteiger partial charge in [0, 0.05) is 18.0 Å². The molecule has 0 aliphatic carbocycles. The van der Waals surface area contributed by atoms with E-state index in [1.807, 2.05) is 0 Å². The molecule has 0 aliphatic rings. The van der Waals surface area contributed by atoms with Gasteiger partial charge in [-0.2, -0.15) is 9.77 Å². The Balaban J connectivity index is 2.37. The molecule has 0 bridgehead atoms. The SMILES string of the molecule is NC(=Nn1cn[nH]c1=S)c1ccncc1. The molecule has 0 fully saturated rings. The van der Waals surface area contributed by atoms with E-state index in [4.69, 9.17) is 18.0 Å². The number of H-pyrrole nitrogens is 1. The largest absolute Gasteiger partial charge is 0.382 e. The zero-order chi connectivity index (χ0) is 10.7. The third-order valence-corrected chi connectivity index (χ3v) is 2.01. The molecule has 76 valence electrons. The van der Waals surface area contributed by atoms with Crippen LogP contribution in [0.4, 0.5) is 0 Å². The van der Waals surface area contributed by atoms with Crippen molar-refractivity contribution >= 4 is 18.1 Å². The van der Waals surface area contributed by atoms with Gasteiger partial charge in [-0.05, 0) is 24.4 Å². The molecule has 2 aromatic rings. The first-order chi connectivity index (χ1) is 7.27. The van der Waals surface area contributed by atoms with Gasteiger partial charge in [-0.15, -0.1) is 5.10 Å². The second kappa shape index (κ2) is 4.01. The van der Waals surface area contributed by atoms with E-state index in [2.05, 4.69) is 20.3 Å². The number of hydrogen-bond acceptors (Lipinski definition) is 4. The summed E-state index contributed by atoms with van der Waals surface area (Å²) in [4.78, 5) is 3.89. The summed E-state index contributed by atoms with van der Waals surface area (Å²) in [6, 6.07) is 3.53. The molecule has 15 heavy (non-hydrogen) atoms. The molecule has 0 saturated carbocycles.